The fourth-order valence-electron chi connectivity index (χ4n) is 4.48. The Kier molecular flexibility index (Phi) is 5.86. The Morgan fingerprint density at radius 1 is 1.28 bits per heavy atom. The molecule has 0 bridgehead atoms. The van der Waals surface area contributed by atoms with E-state index in [1.807, 2.05) is 4.90 Å². The summed E-state index contributed by atoms with van der Waals surface area (Å²) in [5.41, 5.74) is 3.67. The first kappa shape index (κ1) is 19.9. The summed E-state index contributed by atoms with van der Waals surface area (Å²) in [5.74, 6) is -0.364. The van der Waals surface area contributed by atoms with Crippen LogP contribution in [-0.2, 0) is 24.1 Å². The molecule has 0 radical (unpaired) electrons. The molecule has 0 spiro atoms. The minimum atomic E-state index is -0.239. The third-order valence-electron chi connectivity index (χ3n) is 6.06. The molecule has 0 fully saturated rings. The van der Waals surface area contributed by atoms with Crippen LogP contribution in [0.5, 0.6) is 0 Å². The zero-order chi connectivity index (χ0) is 20.4. The fraction of sp³-hybridized carbons (Fsp3) is 0.478. The van der Waals surface area contributed by atoms with Gasteiger partial charge >= 0.3 is 0 Å². The minimum absolute atomic E-state index is 0.125. The Morgan fingerprint density at radius 2 is 2.07 bits per heavy atom. The first-order valence-electron chi connectivity index (χ1n) is 10.5. The molecule has 1 aliphatic carbocycles. The summed E-state index contributed by atoms with van der Waals surface area (Å²) >= 11 is 1.57. The van der Waals surface area contributed by atoms with Crippen molar-refractivity contribution in [3.63, 3.8) is 0 Å². The number of hydrogen-bond acceptors (Lipinski definition) is 4. The van der Waals surface area contributed by atoms with Gasteiger partial charge in [-0.3, -0.25) is 4.79 Å². The summed E-state index contributed by atoms with van der Waals surface area (Å²) < 4.78 is 13.6. The van der Waals surface area contributed by atoms with Gasteiger partial charge in [-0.25, -0.2) is 4.39 Å². The lowest BCUT2D eigenvalue weighted by Crippen LogP contribution is -2.42. The second-order valence-corrected chi connectivity index (χ2v) is 9.18. The first-order valence-corrected chi connectivity index (χ1v) is 11.3. The monoisotopic (exact) mass is 411 g/mol. The number of carbonyl (C=O) groups is 1. The summed E-state index contributed by atoms with van der Waals surface area (Å²) in [6, 6.07) is 7.33. The highest BCUT2D eigenvalue weighted by Gasteiger charge is 2.26. The highest BCUT2D eigenvalue weighted by Crippen LogP contribution is 2.37. The quantitative estimate of drug-likeness (QED) is 0.755. The number of amides is 1. The SMILES string of the molecule is CC1CCc2cc(F)ccc2N1CC(=O)Nc1sc2c(c1C#N)CCCCCC2. The van der Waals surface area contributed by atoms with E-state index in [2.05, 4.69) is 18.3 Å². The summed E-state index contributed by atoms with van der Waals surface area (Å²) in [6.45, 7) is 2.30. The molecule has 152 valence electrons. The Labute approximate surface area is 175 Å². The number of nitrogens with one attached hydrogen (secondary N) is 1. The Morgan fingerprint density at radius 3 is 2.86 bits per heavy atom. The number of thiophene rings is 1. The van der Waals surface area contributed by atoms with Crippen molar-refractivity contribution in [2.24, 2.45) is 0 Å². The van der Waals surface area contributed by atoms with Gasteiger partial charge in [0.15, 0.2) is 0 Å². The molecule has 1 aromatic heterocycles. The molecule has 2 heterocycles. The van der Waals surface area contributed by atoms with Crippen LogP contribution in [0.15, 0.2) is 18.2 Å². The van der Waals surface area contributed by atoms with Crippen molar-refractivity contribution in [1.29, 1.82) is 5.26 Å². The molecule has 0 saturated heterocycles. The van der Waals surface area contributed by atoms with Crippen LogP contribution in [0.3, 0.4) is 0 Å². The molecule has 29 heavy (non-hydrogen) atoms. The first-order chi connectivity index (χ1) is 14.1. The van der Waals surface area contributed by atoms with E-state index in [9.17, 15) is 14.4 Å². The Balaban J connectivity index is 1.54. The summed E-state index contributed by atoms with van der Waals surface area (Å²) in [7, 11) is 0. The average molecular weight is 412 g/mol. The lowest BCUT2D eigenvalue weighted by Gasteiger charge is -2.36. The van der Waals surface area contributed by atoms with Crippen molar-refractivity contribution in [3.8, 4) is 6.07 Å². The second-order valence-electron chi connectivity index (χ2n) is 8.07. The molecule has 0 saturated carbocycles. The van der Waals surface area contributed by atoms with Crippen molar-refractivity contribution in [1.82, 2.24) is 0 Å². The number of rotatable bonds is 3. The normalized spacial score (nSPS) is 18.8. The van der Waals surface area contributed by atoms with E-state index in [1.165, 1.54) is 23.8 Å². The van der Waals surface area contributed by atoms with Crippen LogP contribution in [-0.4, -0.2) is 18.5 Å². The molecular formula is C23H26FN3OS. The van der Waals surface area contributed by atoms with Crippen LogP contribution in [0.1, 0.15) is 60.6 Å². The number of benzene rings is 1. The second kappa shape index (κ2) is 8.54. The van der Waals surface area contributed by atoms with Gasteiger partial charge in [0.1, 0.15) is 16.9 Å². The number of nitrogens with zero attached hydrogens (tertiary/aromatic N) is 2. The fourth-order valence-corrected chi connectivity index (χ4v) is 5.74. The van der Waals surface area contributed by atoms with Gasteiger partial charge in [0.05, 0.1) is 12.1 Å². The van der Waals surface area contributed by atoms with Crippen molar-refractivity contribution in [2.75, 3.05) is 16.8 Å². The standard InChI is InChI=1S/C23H26FN3OS/c1-15-8-9-16-12-17(24)10-11-20(16)27(15)14-22(28)26-23-19(13-25)18-6-4-2-3-5-7-21(18)29-23/h10-12,15H,2-9,14H2,1H3,(H,26,28). The topological polar surface area (TPSA) is 56.1 Å². The van der Waals surface area contributed by atoms with Crippen LogP contribution in [0.25, 0.3) is 0 Å². The Bertz CT molecular complexity index is 962. The van der Waals surface area contributed by atoms with Crippen LogP contribution >= 0.6 is 11.3 Å². The largest absolute Gasteiger partial charge is 0.359 e. The van der Waals surface area contributed by atoms with Crippen LogP contribution in [0.4, 0.5) is 15.1 Å². The lowest BCUT2D eigenvalue weighted by atomic mass is 9.96. The van der Waals surface area contributed by atoms with Crippen molar-refractivity contribution in [3.05, 3.63) is 45.6 Å². The molecule has 1 aliphatic heterocycles. The number of nitriles is 1. The van der Waals surface area contributed by atoms with E-state index >= 15 is 0 Å². The predicted molar refractivity (Wildman–Crippen MR) is 115 cm³/mol. The summed E-state index contributed by atoms with van der Waals surface area (Å²) in [5, 5.41) is 13.4. The number of aryl methyl sites for hydroxylation is 2. The van der Waals surface area contributed by atoms with Crippen LogP contribution < -0.4 is 10.2 Å². The maximum atomic E-state index is 13.6. The van der Waals surface area contributed by atoms with E-state index in [-0.39, 0.29) is 24.3 Å². The zero-order valence-corrected chi connectivity index (χ0v) is 17.6. The van der Waals surface area contributed by atoms with E-state index < -0.39 is 0 Å². The molecule has 1 N–H and O–H groups in total. The van der Waals surface area contributed by atoms with Gasteiger partial charge in [-0.15, -0.1) is 11.3 Å². The van der Waals surface area contributed by atoms with Gasteiger partial charge in [-0.2, -0.15) is 5.26 Å². The van der Waals surface area contributed by atoms with Crippen molar-refractivity contribution < 1.29 is 9.18 Å². The molecule has 1 atom stereocenters. The average Bonchev–Trinajstić information content (AvgIpc) is 2.99. The number of carbonyl (C=O) groups excluding carboxylic acids is 1. The number of halogens is 1. The molecule has 4 rings (SSSR count). The lowest BCUT2D eigenvalue weighted by molar-refractivity contribution is -0.115. The number of anilines is 2. The maximum Gasteiger partial charge on any atom is 0.244 e. The third kappa shape index (κ3) is 4.16. The van der Waals surface area contributed by atoms with Crippen molar-refractivity contribution in [2.45, 2.75) is 64.3 Å². The van der Waals surface area contributed by atoms with Gasteiger partial charge in [0.25, 0.3) is 0 Å². The van der Waals surface area contributed by atoms with Gasteiger partial charge < -0.3 is 10.2 Å². The van der Waals surface area contributed by atoms with Crippen molar-refractivity contribution >= 4 is 27.9 Å². The van der Waals surface area contributed by atoms with E-state index in [0.29, 0.717) is 10.6 Å². The number of hydrogen-bond donors (Lipinski definition) is 1. The number of fused-ring (bicyclic) bond motifs is 2. The van der Waals surface area contributed by atoms with Crippen LogP contribution in [0, 0.1) is 17.1 Å². The highest BCUT2D eigenvalue weighted by molar-refractivity contribution is 7.16. The molecule has 6 heteroatoms. The predicted octanol–water partition coefficient (Wildman–Crippen LogP) is 5.20. The van der Waals surface area contributed by atoms with Gasteiger partial charge in [-0.1, -0.05) is 12.8 Å². The van der Waals surface area contributed by atoms with E-state index in [0.717, 1.165) is 55.3 Å². The molecule has 1 amide bonds. The Hall–Kier alpha value is -2.39. The van der Waals surface area contributed by atoms with E-state index in [4.69, 9.17) is 0 Å². The highest BCUT2D eigenvalue weighted by atomic mass is 32.1. The summed E-state index contributed by atoms with van der Waals surface area (Å²) in [6.07, 6.45) is 8.31. The zero-order valence-electron chi connectivity index (χ0n) is 16.8. The van der Waals surface area contributed by atoms with Gasteiger partial charge in [-0.05, 0) is 74.8 Å². The molecule has 2 aromatic rings. The molecule has 4 nitrogen and oxygen atoms in total. The maximum absolute atomic E-state index is 13.6. The molecule has 1 aromatic carbocycles. The van der Waals surface area contributed by atoms with Gasteiger partial charge in [0.2, 0.25) is 5.91 Å². The molecule has 1 unspecified atom stereocenters. The molecule has 2 aliphatic rings. The van der Waals surface area contributed by atoms with Crippen LogP contribution in [0.2, 0.25) is 0 Å². The minimum Gasteiger partial charge on any atom is -0.359 e. The van der Waals surface area contributed by atoms with Gasteiger partial charge in [0, 0.05) is 16.6 Å². The summed E-state index contributed by atoms with van der Waals surface area (Å²) in [4.78, 5) is 16.2. The van der Waals surface area contributed by atoms with E-state index in [1.54, 1.807) is 23.5 Å². The third-order valence-corrected chi connectivity index (χ3v) is 7.27. The molecular weight excluding hydrogens is 385 g/mol. The smallest absolute Gasteiger partial charge is 0.244 e.